The zero-order valence-electron chi connectivity index (χ0n) is 11.0. The third kappa shape index (κ3) is 2.57. The number of hydrogen-bond acceptors (Lipinski definition) is 7. The molecule has 0 bridgehead atoms. The van der Waals surface area contributed by atoms with Gasteiger partial charge >= 0.3 is 0 Å². The van der Waals surface area contributed by atoms with Gasteiger partial charge in [-0.05, 0) is 12.1 Å². The summed E-state index contributed by atoms with van der Waals surface area (Å²) in [5.74, 6) is 0.162. The van der Waals surface area contributed by atoms with Crippen LogP contribution in [0.4, 0.5) is 5.69 Å². The molecule has 1 aliphatic rings. The molecular weight excluding hydrogens is 294 g/mol. The lowest BCUT2D eigenvalue weighted by molar-refractivity contribution is -0.385. The lowest BCUT2D eigenvalue weighted by Gasteiger charge is -2.00. The van der Waals surface area contributed by atoms with Crippen molar-refractivity contribution in [1.82, 2.24) is 15.6 Å². The van der Waals surface area contributed by atoms with E-state index in [9.17, 15) is 14.9 Å². The van der Waals surface area contributed by atoms with Gasteiger partial charge in [0.2, 0.25) is 6.79 Å². The molecule has 22 heavy (non-hydrogen) atoms. The van der Waals surface area contributed by atoms with Crippen LogP contribution in [0, 0.1) is 10.1 Å². The second-order valence-corrected chi connectivity index (χ2v) is 4.19. The van der Waals surface area contributed by atoms with Crippen molar-refractivity contribution >= 4 is 17.8 Å². The second kappa shape index (κ2) is 5.52. The molecule has 10 heteroatoms. The SMILES string of the molecule is O=C(N/N=C\c1cc2c(cc1[N+](=O)[O-])OCO2)c1ccn[nH]1. The minimum absolute atomic E-state index is 0.00361. The number of rotatable bonds is 4. The number of fused-ring (bicyclic) bond motifs is 1. The summed E-state index contributed by atoms with van der Waals surface area (Å²) < 4.78 is 10.2. The molecule has 0 fully saturated rings. The van der Waals surface area contributed by atoms with E-state index in [0.717, 1.165) is 6.21 Å². The molecule has 1 aromatic heterocycles. The molecule has 2 aromatic rings. The molecular formula is C12H9N5O5. The summed E-state index contributed by atoms with van der Waals surface area (Å²) in [4.78, 5) is 22.1. The van der Waals surface area contributed by atoms with Gasteiger partial charge in [0.15, 0.2) is 11.5 Å². The highest BCUT2D eigenvalue weighted by atomic mass is 16.7. The Morgan fingerprint density at radius 1 is 1.45 bits per heavy atom. The molecule has 0 saturated carbocycles. The van der Waals surface area contributed by atoms with Crippen LogP contribution in [0.25, 0.3) is 0 Å². The summed E-state index contributed by atoms with van der Waals surface area (Å²) in [6.45, 7) is 0.00361. The number of aromatic nitrogens is 2. The van der Waals surface area contributed by atoms with Gasteiger partial charge in [0.05, 0.1) is 22.8 Å². The summed E-state index contributed by atoms with van der Waals surface area (Å²) in [6, 6.07) is 4.14. The summed E-state index contributed by atoms with van der Waals surface area (Å²) in [7, 11) is 0. The Kier molecular flexibility index (Phi) is 3.40. The van der Waals surface area contributed by atoms with E-state index in [4.69, 9.17) is 9.47 Å². The zero-order chi connectivity index (χ0) is 15.5. The van der Waals surface area contributed by atoms with E-state index in [0.29, 0.717) is 11.5 Å². The number of hydrazone groups is 1. The largest absolute Gasteiger partial charge is 0.454 e. The Hall–Kier alpha value is -3.43. The number of benzene rings is 1. The predicted octanol–water partition coefficient (Wildman–Crippen LogP) is 0.810. The number of aromatic amines is 1. The fourth-order valence-corrected chi connectivity index (χ4v) is 1.81. The smallest absolute Gasteiger partial charge is 0.289 e. The summed E-state index contributed by atoms with van der Waals surface area (Å²) in [6.07, 6.45) is 2.58. The maximum absolute atomic E-state index is 11.6. The number of carbonyl (C=O) groups is 1. The van der Waals surface area contributed by atoms with Gasteiger partial charge in [-0.1, -0.05) is 0 Å². The van der Waals surface area contributed by atoms with Gasteiger partial charge < -0.3 is 9.47 Å². The lowest BCUT2D eigenvalue weighted by atomic mass is 10.1. The highest BCUT2D eigenvalue weighted by molar-refractivity contribution is 5.93. The number of amides is 1. The van der Waals surface area contributed by atoms with Crippen molar-refractivity contribution in [3.05, 3.63) is 45.8 Å². The monoisotopic (exact) mass is 303 g/mol. The minimum Gasteiger partial charge on any atom is -0.454 e. The molecule has 0 unspecified atom stereocenters. The van der Waals surface area contributed by atoms with Crippen LogP contribution in [0.3, 0.4) is 0 Å². The van der Waals surface area contributed by atoms with Crippen LogP contribution in [-0.4, -0.2) is 34.0 Å². The Morgan fingerprint density at radius 3 is 2.91 bits per heavy atom. The van der Waals surface area contributed by atoms with E-state index in [2.05, 4.69) is 20.7 Å². The van der Waals surface area contributed by atoms with Crippen molar-refractivity contribution in [2.45, 2.75) is 0 Å². The lowest BCUT2D eigenvalue weighted by Crippen LogP contribution is -2.18. The first kappa shape index (κ1) is 13.5. The van der Waals surface area contributed by atoms with Crippen LogP contribution >= 0.6 is 0 Å². The number of hydrogen-bond donors (Lipinski definition) is 2. The Morgan fingerprint density at radius 2 is 2.23 bits per heavy atom. The maximum atomic E-state index is 11.6. The average molecular weight is 303 g/mol. The van der Waals surface area contributed by atoms with Crippen molar-refractivity contribution in [3.8, 4) is 11.5 Å². The van der Waals surface area contributed by atoms with Gasteiger partial charge in [0.25, 0.3) is 11.6 Å². The zero-order valence-corrected chi connectivity index (χ0v) is 11.0. The van der Waals surface area contributed by atoms with Gasteiger partial charge in [-0.3, -0.25) is 20.0 Å². The Labute approximate surface area is 122 Å². The number of nitrogens with zero attached hydrogens (tertiary/aromatic N) is 3. The molecule has 0 spiro atoms. The predicted molar refractivity (Wildman–Crippen MR) is 72.9 cm³/mol. The summed E-state index contributed by atoms with van der Waals surface area (Å²) in [5, 5.41) is 20.8. The van der Waals surface area contributed by atoms with Crippen molar-refractivity contribution in [3.63, 3.8) is 0 Å². The van der Waals surface area contributed by atoms with E-state index < -0.39 is 10.8 Å². The van der Waals surface area contributed by atoms with Gasteiger partial charge in [-0.2, -0.15) is 10.2 Å². The van der Waals surface area contributed by atoms with E-state index >= 15 is 0 Å². The molecule has 1 amide bonds. The second-order valence-electron chi connectivity index (χ2n) is 4.19. The number of nitro benzene ring substituents is 1. The quantitative estimate of drug-likeness (QED) is 0.488. The first-order chi connectivity index (χ1) is 10.6. The summed E-state index contributed by atoms with van der Waals surface area (Å²) in [5.41, 5.74) is 2.43. The minimum atomic E-state index is -0.569. The van der Waals surface area contributed by atoms with E-state index in [1.807, 2.05) is 0 Å². The fourth-order valence-electron chi connectivity index (χ4n) is 1.81. The number of nitrogens with one attached hydrogen (secondary N) is 2. The van der Waals surface area contributed by atoms with Gasteiger partial charge in [-0.25, -0.2) is 5.43 Å². The third-order valence-corrected chi connectivity index (χ3v) is 2.83. The molecule has 2 N–H and O–H groups in total. The standard InChI is InChI=1S/C12H9N5O5/c18-12(8-1-2-13-15-8)16-14-5-7-3-10-11(22-6-21-10)4-9(7)17(19)20/h1-5H,6H2,(H,13,15)(H,16,18)/b14-5-. The highest BCUT2D eigenvalue weighted by Crippen LogP contribution is 2.37. The van der Waals surface area contributed by atoms with Crippen LogP contribution in [0.15, 0.2) is 29.5 Å². The van der Waals surface area contributed by atoms with Crippen LogP contribution in [-0.2, 0) is 0 Å². The topological polar surface area (TPSA) is 132 Å². The number of ether oxygens (including phenoxy) is 2. The van der Waals surface area contributed by atoms with Gasteiger partial charge in [-0.15, -0.1) is 0 Å². The van der Waals surface area contributed by atoms with Crippen LogP contribution < -0.4 is 14.9 Å². The van der Waals surface area contributed by atoms with Gasteiger partial charge in [0, 0.05) is 6.20 Å². The van der Waals surface area contributed by atoms with Crippen molar-refractivity contribution in [1.29, 1.82) is 0 Å². The van der Waals surface area contributed by atoms with Crippen LogP contribution in [0.2, 0.25) is 0 Å². The van der Waals surface area contributed by atoms with Crippen molar-refractivity contribution in [2.75, 3.05) is 6.79 Å². The molecule has 1 aromatic carbocycles. The molecule has 0 aliphatic carbocycles. The maximum Gasteiger partial charge on any atom is 0.289 e. The molecule has 1 aliphatic heterocycles. The number of carbonyl (C=O) groups excluding carboxylic acids is 1. The molecule has 0 saturated heterocycles. The molecule has 2 heterocycles. The first-order valence-corrected chi connectivity index (χ1v) is 6.06. The van der Waals surface area contributed by atoms with Gasteiger partial charge in [0.1, 0.15) is 5.69 Å². The van der Waals surface area contributed by atoms with E-state index in [1.54, 1.807) is 0 Å². The van der Waals surface area contributed by atoms with E-state index in [-0.39, 0.29) is 23.7 Å². The molecule has 0 radical (unpaired) electrons. The molecule has 112 valence electrons. The Bertz CT molecular complexity index is 756. The molecule has 0 atom stereocenters. The summed E-state index contributed by atoms with van der Waals surface area (Å²) >= 11 is 0. The van der Waals surface area contributed by atoms with Crippen molar-refractivity contribution in [2.24, 2.45) is 5.10 Å². The first-order valence-electron chi connectivity index (χ1n) is 6.06. The van der Waals surface area contributed by atoms with Crippen molar-refractivity contribution < 1.29 is 19.2 Å². The highest BCUT2D eigenvalue weighted by Gasteiger charge is 2.22. The normalized spacial score (nSPS) is 12.5. The van der Waals surface area contributed by atoms with Crippen LogP contribution in [0.1, 0.15) is 16.1 Å². The molecule has 3 rings (SSSR count). The van der Waals surface area contributed by atoms with E-state index in [1.165, 1.54) is 24.4 Å². The average Bonchev–Trinajstić information content (AvgIpc) is 3.17. The number of nitro groups is 1. The third-order valence-electron chi connectivity index (χ3n) is 2.83. The number of H-pyrrole nitrogens is 1. The Balaban J connectivity index is 1.81. The van der Waals surface area contributed by atoms with Crippen LogP contribution in [0.5, 0.6) is 11.5 Å². The fraction of sp³-hybridized carbons (Fsp3) is 0.0833. The molecule has 10 nitrogen and oxygen atoms in total.